The second-order valence-corrected chi connectivity index (χ2v) is 10.7. The van der Waals surface area contributed by atoms with Crippen molar-refractivity contribution < 1.29 is 26.8 Å². The van der Waals surface area contributed by atoms with Gasteiger partial charge in [0.25, 0.3) is 0 Å². The van der Waals surface area contributed by atoms with Crippen LogP contribution >= 0.6 is 0 Å². The molecule has 0 aliphatic carbocycles. The quantitative estimate of drug-likeness (QED) is 0.628. The first kappa shape index (κ1) is 26.2. The number of nitrogens with one attached hydrogen (secondary N) is 1. The van der Waals surface area contributed by atoms with Crippen LogP contribution in [0.4, 0.5) is 14.5 Å². The number of nitrogens with zero attached hydrogens (tertiary/aromatic N) is 2. The Balaban J connectivity index is 2.39. The van der Waals surface area contributed by atoms with E-state index in [1.807, 2.05) is 0 Å². The van der Waals surface area contributed by atoms with Crippen LogP contribution in [0.25, 0.3) is 0 Å². The summed E-state index contributed by atoms with van der Waals surface area (Å²) in [5, 5.41) is 2.80. The summed E-state index contributed by atoms with van der Waals surface area (Å²) in [4.78, 5) is 27.3. The zero-order valence-corrected chi connectivity index (χ0v) is 20.1. The van der Waals surface area contributed by atoms with Gasteiger partial charge in [-0.05, 0) is 63.6 Å². The normalized spacial score (nSPS) is 12.7. The van der Waals surface area contributed by atoms with Gasteiger partial charge < -0.3 is 10.2 Å². The van der Waals surface area contributed by atoms with Gasteiger partial charge in [-0.2, -0.15) is 0 Å². The van der Waals surface area contributed by atoms with Crippen LogP contribution in [0.2, 0.25) is 0 Å². The predicted molar refractivity (Wildman–Crippen MR) is 123 cm³/mol. The van der Waals surface area contributed by atoms with Gasteiger partial charge in [0, 0.05) is 12.1 Å². The van der Waals surface area contributed by atoms with E-state index in [0.29, 0.717) is 5.56 Å². The smallest absolute Gasteiger partial charge is 0.244 e. The van der Waals surface area contributed by atoms with E-state index >= 15 is 0 Å². The fourth-order valence-electron chi connectivity index (χ4n) is 3.09. The molecule has 0 heterocycles. The second-order valence-electron chi connectivity index (χ2n) is 8.81. The summed E-state index contributed by atoms with van der Waals surface area (Å²) >= 11 is 0. The summed E-state index contributed by atoms with van der Waals surface area (Å²) in [6, 6.07) is 9.33. The number of sulfonamides is 1. The van der Waals surface area contributed by atoms with E-state index in [4.69, 9.17) is 0 Å². The Labute approximate surface area is 193 Å². The molecule has 2 aromatic carbocycles. The lowest BCUT2D eigenvalue weighted by Crippen LogP contribution is -2.54. The first-order chi connectivity index (χ1) is 15.2. The number of benzene rings is 2. The number of rotatable bonds is 8. The van der Waals surface area contributed by atoms with Crippen molar-refractivity contribution in [3.8, 4) is 0 Å². The summed E-state index contributed by atoms with van der Waals surface area (Å²) in [6.45, 7) is 6.20. The molecule has 0 aliphatic rings. The van der Waals surface area contributed by atoms with Gasteiger partial charge >= 0.3 is 0 Å². The third kappa shape index (κ3) is 7.81. The van der Waals surface area contributed by atoms with Crippen molar-refractivity contribution in [2.75, 3.05) is 17.1 Å². The van der Waals surface area contributed by atoms with Crippen LogP contribution in [0, 0.1) is 11.6 Å². The van der Waals surface area contributed by atoms with E-state index in [9.17, 15) is 26.8 Å². The van der Waals surface area contributed by atoms with E-state index in [-0.39, 0.29) is 12.2 Å². The van der Waals surface area contributed by atoms with Crippen molar-refractivity contribution in [3.63, 3.8) is 0 Å². The van der Waals surface area contributed by atoms with Crippen LogP contribution < -0.4 is 9.62 Å². The molecule has 0 aromatic heterocycles. The molecule has 0 fully saturated rings. The maximum absolute atomic E-state index is 13.7. The molecule has 0 aliphatic heterocycles. The van der Waals surface area contributed by atoms with Gasteiger partial charge in [0.2, 0.25) is 21.8 Å². The summed E-state index contributed by atoms with van der Waals surface area (Å²) in [5.41, 5.74) is -0.0211. The molecule has 10 heteroatoms. The van der Waals surface area contributed by atoms with Crippen LogP contribution in [0.15, 0.2) is 48.5 Å². The highest BCUT2D eigenvalue weighted by atomic mass is 32.2. The highest BCUT2D eigenvalue weighted by Gasteiger charge is 2.31. The standard InChI is InChI=1S/C23H29F2N3O4S/c1-16(22(30)26-23(2,3)4)27(14-17-9-11-18(24)12-10-17)21(29)15-28(33(5,31)32)20-8-6-7-19(25)13-20/h6-13,16H,14-15H2,1-5H3,(H,26,30)/t16-/m0/s1. The fraction of sp³-hybridized carbons (Fsp3) is 0.391. The van der Waals surface area contributed by atoms with Gasteiger partial charge in [-0.25, -0.2) is 17.2 Å². The molecule has 0 bridgehead atoms. The van der Waals surface area contributed by atoms with E-state index in [1.54, 1.807) is 20.8 Å². The number of amides is 2. The monoisotopic (exact) mass is 481 g/mol. The number of carbonyl (C=O) groups excluding carboxylic acids is 2. The number of carbonyl (C=O) groups is 2. The zero-order valence-electron chi connectivity index (χ0n) is 19.3. The third-order valence-corrected chi connectivity index (χ3v) is 5.85. The van der Waals surface area contributed by atoms with E-state index < -0.39 is 51.6 Å². The highest BCUT2D eigenvalue weighted by molar-refractivity contribution is 7.92. The molecule has 0 radical (unpaired) electrons. The van der Waals surface area contributed by atoms with Gasteiger partial charge in [-0.3, -0.25) is 13.9 Å². The minimum Gasteiger partial charge on any atom is -0.350 e. The molecule has 0 saturated heterocycles. The molecule has 2 rings (SSSR count). The van der Waals surface area contributed by atoms with E-state index in [1.165, 1.54) is 48.2 Å². The lowest BCUT2D eigenvalue weighted by molar-refractivity contribution is -0.140. The first-order valence-electron chi connectivity index (χ1n) is 10.3. The maximum atomic E-state index is 13.7. The zero-order chi connectivity index (χ0) is 25.0. The Hall–Kier alpha value is -3.01. The number of anilines is 1. The van der Waals surface area contributed by atoms with Crippen LogP contribution in [0.3, 0.4) is 0 Å². The minimum atomic E-state index is -3.95. The summed E-state index contributed by atoms with van der Waals surface area (Å²) in [7, 11) is -3.95. The lowest BCUT2D eigenvalue weighted by Gasteiger charge is -2.33. The molecule has 0 spiro atoms. The molecule has 2 amide bonds. The topological polar surface area (TPSA) is 86.8 Å². The van der Waals surface area contributed by atoms with Crippen LogP contribution in [-0.2, 0) is 26.2 Å². The Morgan fingerprint density at radius 2 is 1.64 bits per heavy atom. The van der Waals surface area contributed by atoms with Crippen LogP contribution in [0.5, 0.6) is 0 Å². The van der Waals surface area contributed by atoms with Gasteiger partial charge in [0.15, 0.2) is 0 Å². The van der Waals surface area contributed by atoms with E-state index in [0.717, 1.165) is 22.7 Å². The average Bonchev–Trinajstić information content (AvgIpc) is 2.68. The molecular formula is C23H29F2N3O4S. The first-order valence-corrected chi connectivity index (χ1v) is 12.1. The Bertz CT molecular complexity index is 1100. The molecule has 2 aromatic rings. The molecule has 7 nitrogen and oxygen atoms in total. The largest absolute Gasteiger partial charge is 0.350 e. The van der Waals surface area contributed by atoms with Gasteiger partial charge in [0.1, 0.15) is 24.2 Å². The minimum absolute atomic E-state index is 0.0145. The predicted octanol–water partition coefficient (Wildman–Crippen LogP) is 3.06. The lowest BCUT2D eigenvalue weighted by atomic mass is 10.1. The molecule has 0 saturated carbocycles. The molecule has 1 N–H and O–H groups in total. The number of hydrogen-bond acceptors (Lipinski definition) is 4. The Kier molecular flexibility index (Phi) is 8.18. The van der Waals surface area contributed by atoms with Crippen LogP contribution in [0.1, 0.15) is 33.3 Å². The van der Waals surface area contributed by atoms with Crippen molar-refractivity contribution in [1.82, 2.24) is 10.2 Å². The Morgan fingerprint density at radius 3 is 2.15 bits per heavy atom. The average molecular weight is 482 g/mol. The summed E-state index contributed by atoms with van der Waals surface area (Å²) in [6.07, 6.45) is 0.908. The molecular weight excluding hydrogens is 452 g/mol. The second kappa shape index (κ2) is 10.3. The maximum Gasteiger partial charge on any atom is 0.244 e. The number of halogens is 2. The number of hydrogen-bond donors (Lipinski definition) is 1. The van der Waals surface area contributed by atoms with E-state index in [2.05, 4.69) is 5.32 Å². The van der Waals surface area contributed by atoms with Crippen molar-refractivity contribution in [1.29, 1.82) is 0 Å². The van der Waals surface area contributed by atoms with Crippen molar-refractivity contribution in [2.45, 2.75) is 45.8 Å². The molecule has 0 unspecified atom stereocenters. The molecule has 1 atom stereocenters. The molecule has 180 valence electrons. The summed E-state index contributed by atoms with van der Waals surface area (Å²) in [5.74, 6) is -2.22. The summed E-state index contributed by atoms with van der Waals surface area (Å²) < 4.78 is 52.6. The van der Waals surface area contributed by atoms with Gasteiger partial charge in [0.05, 0.1) is 11.9 Å². The van der Waals surface area contributed by atoms with Crippen molar-refractivity contribution in [3.05, 3.63) is 65.7 Å². The highest BCUT2D eigenvalue weighted by Crippen LogP contribution is 2.20. The van der Waals surface area contributed by atoms with Crippen LogP contribution in [-0.4, -0.2) is 49.5 Å². The van der Waals surface area contributed by atoms with Gasteiger partial charge in [-0.15, -0.1) is 0 Å². The molecule has 33 heavy (non-hydrogen) atoms. The third-order valence-electron chi connectivity index (χ3n) is 4.71. The van der Waals surface area contributed by atoms with Gasteiger partial charge in [-0.1, -0.05) is 18.2 Å². The van der Waals surface area contributed by atoms with Crippen molar-refractivity contribution >= 4 is 27.5 Å². The Morgan fingerprint density at radius 1 is 1.03 bits per heavy atom. The van der Waals surface area contributed by atoms with Crippen molar-refractivity contribution in [2.24, 2.45) is 0 Å². The SMILES string of the molecule is C[C@@H](C(=O)NC(C)(C)C)N(Cc1ccc(F)cc1)C(=O)CN(c1cccc(F)c1)S(C)(=O)=O. The fourth-order valence-corrected chi connectivity index (χ4v) is 3.93.